The maximum Gasteiger partial charge on any atom is 0.325 e. The van der Waals surface area contributed by atoms with Gasteiger partial charge in [0.15, 0.2) is 0 Å². The smallest absolute Gasteiger partial charge is 0.325 e. The van der Waals surface area contributed by atoms with Crippen molar-refractivity contribution in [1.29, 1.82) is 0 Å². The lowest BCUT2D eigenvalue weighted by atomic mass is 9.84. The number of carboxylic acid groups (broad SMARTS) is 1. The highest BCUT2D eigenvalue weighted by atomic mass is 16.5. The topological polar surface area (TPSA) is 81.8 Å². The SMILES string of the molecule is COc1cc(C(N)C(=O)O)c(OC)c(C(C)(C)C)c1. The lowest BCUT2D eigenvalue weighted by molar-refractivity contribution is -0.138. The molecule has 0 aliphatic carbocycles. The lowest BCUT2D eigenvalue weighted by Gasteiger charge is -2.25. The fourth-order valence-electron chi connectivity index (χ4n) is 1.89. The van der Waals surface area contributed by atoms with Gasteiger partial charge in [-0.25, -0.2) is 0 Å². The molecule has 1 aromatic rings. The van der Waals surface area contributed by atoms with Crippen LogP contribution in [-0.4, -0.2) is 25.3 Å². The zero-order valence-corrected chi connectivity index (χ0v) is 12.0. The van der Waals surface area contributed by atoms with Crippen LogP contribution in [0, 0.1) is 0 Å². The molecule has 0 amide bonds. The van der Waals surface area contributed by atoms with Crippen molar-refractivity contribution in [1.82, 2.24) is 0 Å². The molecule has 0 fully saturated rings. The minimum Gasteiger partial charge on any atom is -0.497 e. The number of methoxy groups -OCH3 is 2. The molecule has 1 atom stereocenters. The van der Waals surface area contributed by atoms with Crippen molar-refractivity contribution < 1.29 is 19.4 Å². The van der Waals surface area contributed by atoms with Gasteiger partial charge in [0.25, 0.3) is 0 Å². The van der Waals surface area contributed by atoms with Crippen molar-refractivity contribution in [3.63, 3.8) is 0 Å². The van der Waals surface area contributed by atoms with Crippen molar-refractivity contribution in [2.75, 3.05) is 14.2 Å². The summed E-state index contributed by atoms with van der Waals surface area (Å²) in [4.78, 5) is 11.1. The number of benzene rings is 1. The van der Waals surface area contributed by atoms with E-state index in [9.17, 15) is 4.79 Å². The predicted octanol–water partition coefficient (Wildman–Crippen LogP) is 2.09. The van der Waals surface area contributed by atoms with Crippen molar-refractivity contribution in [2.24, 2.45) is 5.73 Å². The minimum absolute atomic E-state index is 0.215. The van der Waals surface area contributed by atoms with E-state index >= 15 is 0 Å². The maximum absolute atomic E-state index is 11.1. The molecule has 0 spiro atoms. The first kappa shape index (κ1) is 15.3. The minimum atomic E-state index is -1.15. The van der Waals surface area contributed by atoms with Crippen LogP contribution in [0.4, 0.5) is 0 Å². The summed E-state index contributed by atoms with van der Waals surface area (Å²) in [6.07, 6.45) is 0. The first-order valence-corrected chi connectivity index (χ1v) is 5.97. The van der Waals surface area contributed by atoms with Crippen LogP contribution in [0.15, 0.2) is 12.1 Å². The normalized spacial score (nSPS) is 12.9. The van der Waals surface area contributed by atoms with Gasteiger partial charge in [-0.1, -0.05) is 20.8 Å². The van der Waals surface area contributed by atoms with Gasteiger partial charge in [0, 0.05) is 11.1 Å². The molecule has 3 N–H and O–H groups in total. The number of carboxylic acids is 1. The molecule has 0 heterocycles. The molecule has 0 radical (unpaired) electrons. The Morgan fingerprint density at radius 3 is 2.21 bits per heavy atom. The maximum atomic E-state index is 11.1. The van der Waals surface area contributed by atoms with E-state index in [1.54, 1.807) is 6.07 Å². The molecule has 0 bridgehead atoms. The van der Waals surface area contributed by atoms with E-state index in [0.717, 1.165) is 5.56 Å². The zero-order chi connectivity index (χ0) is 14.8. The number of aliphatic carboxylic acids is 1. The highest BCUT2D eigenvalue weighted by Gasteiger charge is 2.27. The Morgan fingerprint density at radius 2 is 1.84 bits per heavy atom. The summed E-state index contributed by atoms with van der Waals surface area (Å²) in [5.41, 5.74) is 6.78. The third kappa shape index (κ3) is 3.17. The molecule has 5 heteroatoms. The van der Waals surface area contributed by atoms with Gasteiger partial charge < -0.3 is 20.3 Å². The molecule has 1 rings (SSSR count). The molecule has 19 heavy (non-hydrogen) atoms. The summed E-state index contributed by atoms with van der Waals surface area (Å²) in [7, 11) is 3.04. The van der Waals surface area contributed by atoms with Crippen molar-refractivity contribution in [3.05, 3.63) is 23.3 Å². The Labute approximate surface area is 113 Å². The van der Waals surface area contributed by atoms with E-state index in [1.807, 2.05) is 26.8 Å². The summed E-state index contributed by atoms with van der Waals surface area (Å²) in [6.45, 7) is 6.04. The van der Waals surface area contributed by atoms with Crippen molar-refractivity contribution in [2.45, 2.75) is 32.2 Å². The molecule has 0 saturated carbocycles. The molecule has 0 aliphatic heterocycles. The Bertz CT molecular complexity index is 477. The Balaban J connectivity index is 3.57. The summed E-state index contributed by atoms with van der Waals surface area (Å²) >= 11 is 0. The average Bonchev–Trinajstić information content (AvgIpc) is 2.34. The molecule has 0 saturated heterocycles. The van der Waals surface area contributed by atoms with Crippen LogP contribution < -0.4 is 15.2 Å². The van der Waals surface area contributed by atoms with Gasteiger partial charge in [-0.05, 0) is 17.5 Å². The van der Waals surface area contributed by atoms with Gasteiger partial charge in [-0.2, -0.15) is 0 Å². The van der Waals surface area contributed by atoms with E-state index in [1.165, 1.54) is 14.2 Å². The second kappa shape index (κ2) is 5.48. The first-order chi connectivity index (χ1) is 8.72. The second-order valence-electron chi connectivity index (χ2n) is 5.36. The third-order valence-electron chi connectivity index (χ3n) is 2.94. The van der Waals surface area contributed by atoms with Crippen LogP contribution in [0.1, 0.15) is 37.9 Å². The number of rotatable bonds is 4. The van der Waals surface area contributed by atoms with E-state index in [-0.39, 0.29) is 5.41 Å². The average molecular weight is 267 g/mol. The third-order valence-corrected chi connectivity index (χ3v) is 2.94. The first-order valence-electron chi connectivity index (χ1n) is 5.97. The molecule has 5 nitrogen and oxygen atoms in total. The lowest BCUT2D eigenvalue weighted by Crippen LogP contribution is -2.23. The summed E-state index contributed by atoms with van der Waals surface area (Å²) < 4.78 is 10.6. The molecule has 0 aromatic heterocycles. The standard InChI is InChI=1S/C14H21NO4/c1-14(2,3)10-7-8(18-4)6-9(12(10)19-5)11(15)13(16)17/h6-7,11H,15H2,1-5H3,(H,16,17). The zero-order valence-electron chi connectivity index (χ0n) is 12.0. The fourth-order valence-corrected chi connectivity index (χ4v) is 1.89. The second-order valence-corrected chi connectivity index (χ2v) is 5.36. The fraction of sp³-hybridized carbons (Fsp3) is 0.500. The Morgan fingerprint density at radius 1 is 1.26 bits per heavy atom. The van der Waals surface area contributed by atoms with Crippen LogP contribution in [0.25, 0.3) is 0 Å². The van der Waals surface area contributed by atoms with Crippen LogP contribution in [0.3, 0.4) is 0 Å². The van der Waals surface area contributed by atoms with Crippen LogP contribution in [0.5, 0.6) is 11.5 Å². The van der Waals surface area contributed by atoms with Gasteiger partial charge in [0.1, 0.15) is 17.5 Å². The molecule has 1 aromatic carbocycles. The van der Waals surface area contributed by atoms with Gasteiger partial charge >= 0.3 is 5.97 Å². The Hall–Kier alpha value is -1.75. The Kier molecular flexibility index (Phi) is 4.42. The van der Waals surface area contributed by atoms with Crippen LogP contribution >= 0.6 is 0 Å². The van der Waals surface area contributed by atoms with Gasteiger partial charge in [0.2, 0.25) is 0 Å². The van der Waals surface area contributed by atoms with Gasteiger partial charge in [-0.3, -0.25) is 4.79 Å². The van der Waals surface area contributed by atoms with Gasteiger partial charge in [0.05, 0.1) is 14.2 Å². The predicted molar refractivity (Wildman–Crippen MR) is 72.8 cm³/mol. The van der Waals surface area contributed by atoms with Gasteiger partial charge in [-0.15, -0.1) is 0 Å². The monoisotopic (exact) mass is 267 g/mol. The molecule has 1 unspecified atom stereocenters. The van der Waals surface area contributed by atoms with E-state index in [0.29, 0.717) is 17.1 Å². The largest absolute Gasteiger partial charge is 0.497 e. The molecular formula is C14H21NO4. The van der Waals surface area contributed by atoms with Crippen molar-refractivity contribution in [3.8, 4) is 11.5 Å². The summed E-state index contributed by atoms with van der Waals surface area (Å²) in [5, 5.41) is 9.09. The molecule has 0 aliphatic rings. The van der Waals surface area contributed by atoms with E-state index in [4.69, 9.17) is 20.3 Å². The van der Waals surface area contributed by atoms with Crippen molar-refractivity contribution >= 4 is 5.97 Å². The number of ether oxygens (including phenoxy) is 2. The van der Waals surface area contributed by atoms with Crippen LogP contribution in [0.2, 0.25) is 0 Å². The van der Waals surface area contributed by atoms with Crippen LogP contribution in [-0.2, 0) is 10.2 Å². The quantitative estimate of drug-likeness (QED) is 0.873. The number of carbonyl (C=O) groups is 1. The van der Waals surface area contributed by atoms with E-state index in [2.05, 4.69) is 0 Å². The summed E-state index contributed by atoms with van der Waals surface area (Å²) in [5.74, 6) is -0.0352. The number of hydrogen-bond donors (Lipinski definition) is 2. The molecule has 106 valence electrons. The highest BCUT2D eigenvalue weighted by Crippen LogP contribution is 2.39. The highest BCUT2D eigenvalue weighted by molar-refractivity contribution is 5.77. The molecular weight excluding hydrogens is 246 g/mol. The van der Waals surface area contributed by atoms with E-state index < -0.39 is 12.0 Å². The summed E-state index contributed by atoms with van der Waals surface area (Å²) in [6, 6.07) is 2.30. The number of hydrogen-bond acceptors (Lipinski definition) is 4. The number of nitrogens with two attached hydrogens (primary N) is 1.